The van der Waals surface area contributed by atoms with Crippen molar-refractivity contribution in [1.29, 1.82) is 0 Å². The molecule has 278 valence electrons. The second kappa shape index (κ2) is 12.2. The highest BCUT2D eigenvalue weighted by Gasteiger charge is 2.36. The summed E-state index contributed by atoms with van der Waals surface area (Å²) < 4.78 is 4.99. The van der Waals surface area contributed by atoms with Crippen molar-refractivity contribution in [3.63, 3.8) is 0 Å². The fourth-order valence-electron chi connectivity index (χ4n) is 10.7. The molecule has 1 aliphatic carbocycles. The Hall–Kier alpha value is -6.64. The predicted molar refractivity (Wildman–Crippen MR) is 248 cm³/mol. The molecule has 0 saturated heterocycles. The first kappa shape index (κ1) is 33.5. The summed E-state index contributed by atoms with van der Waals surface area (Å²) >= 11 is 0. The Balaban J connectivity index is 1.17. The molecule has 0 radical (unpaired) electrons. The molecule has 1 atom stereocenters. The summed E-state index contributed by atoms with van der Waals surface area (Å²) in [4.78, 5) is 0. The van der Waals surface area contributed by atoms with Gasteiger partial charge in [0.15, 0.2) is 0 Å². The van der Waals surface area contributed by atoms with Crippen molar-refractivity contribution in [2.75, 3.05) is 0 Å². The van der Waals surface area contributed by atoms with Crippen LogP contribution in [0.3, 0.4) is 0 Å². The second-order valence-electron chi connectivity index (χ2n) is 17.3. The Labute approximate surface area is 338 Å². The Morgan fingerprint density at radius 3 is 1.72 bits per heavy atom. The van der Waals surface area contributed by atoms with Gasteiger partial charge in [0.05, 0.1) is 22.1 Å². The van der Waals surface area contributed by atoms with Crippen LogP contribution in [0.5, 0.6) is 0 Å². The summed E-state index contributed by atoms with van der Waals surface area (Å²) in [5.41, 5.74) is 14.1. The van der Waals surface area contributed by atoms with Crippen LogP contribution < -0.4 is 0 Å². The van der Waals surface area contributed by atoms with Crippen LogP contribution in [-0.4, -0.2) is 9.13 Å². The van der Waals surface area contributed by atoms with E-state index in [9.17, 15) is 0 Å². The van der Waals surface area contributed by atoms with Crippen LogP contribution in [-0.2, 0) is 11.8 Å². The SMILES string of the molecule is CCC(C)Cc1cccc2c3ccc(-n4c5ccc(-n6c7ccccc7c7ccccc76)cc5c5cc6c(cc54)C(C)(C)c4ccccc4-6)cc3c3ccccc3c12. The third-order valence-electron chi connectivity index (χ3n) is 13.7. The standard InChI is InChI=1S/C56H44N2/c1-5-34(2)29-35-15-14-21-44-39-27-25-36(30-45(39)38-16-6-7-20-43(38)55(35)44)58-53-28-26-37(57-51-23-12-9-18-41(51)42-19-10-13-24-52(42)57)31-47(53)48-32-46-40-17-8-11-22-49(40)56(3,4)50(46)33-54(48)58/h6-28,30-34H,5,29H2,1-4H3. The minimum absolute atomic E-state index is 0.110. The van der Waals surface area contributed by atoms with E-state index in [1.54, 1.807) is 0 Å². The zero-order valence-electron chi connectivity index (χ0n) is 33.5. The molecule has 1 aliphatic rings. The molecule has 0 N–H and O–H groups in total. The smallest absolute Gasteiger partial charge is 0.0544 e. The molecule has 58 heavy (non-hydrogen) atoms. The van der Waals surface area contributed by atoms with Gasteiger partial charge in [-0.05, 0) is 127 Å². The molecule has 0 amide bonds. The highest BCUT2D eigenvalue weighted by Crippen LogP contribution is 2.51. The van der Waals surface area contributed by atoms with Gasteiger partial charge in [-0.15, -0.1) is 0 Å². The van der Waals surface area contributed by atoms with Crippen LogP contribution in [0.1, 0.15) is 50.8 Å². The first-order valence-corrected chi connectivity index (χ1v) is 21.0. The average molecular weight is 745 g/mol. The average Bonchev–Trinajstić information content (AvgIpc) is 3.85. The number of para-hydroxylation sites is 2. The van der Waals surface area contributed by atoms with E-state index in [2.05, 4.69) is 201 Å². The molecule has 0 bridgehead atoms. The maximum absolute atomic E-state index is 2.54. The lowest BCUT2D eigenvalue weighted by molar-refractivity contribution is 0.562. The highest BCUT2D eigenvalue weighted by atomic mass is 15.0. The summed E-state index contributed by atoms with van der Waals surface area (Å²) in [5.74, 6) is 0.632. The first-order chi connectivity index (χ1) is 28.4. The van der Waals surface area contributed by atoms with Crippen molar-refractivity contribution in [2.24, 2.45) is 5.92 Å². The van der Waals surface area contributed by atoms with Crippen molar-refractivity contribution in [3.05, 3.63) is 180 Å². The number of hydrogen-bond donors (Lipinski definition) is 0. The fourth-order valence-corrected chi connectivity index (χ4v) is 10.7. The lowest BCUT2D eigenvalue weighted by Gasteiger charge is -2.21. The molecule has 1 unspecified atom stereocenters. The number of rotatable bonds is 5. The Kier molecular flexibility index (Phi) is 7.04. The molecule has 2 nitrogen and oxygen atoms in total. The van der Waals surface area contributed by atoms with E-state index in [-0.39, 0.29) is 5.41 Å². The molecule has 2 heterocycles. The van der Waals surface area contributed by atoms with Crippen molar-refractivity contribution in [2.45, 2.75) is 46.0 Å². The molecule has 0 spiro atoms. The first-order valence-electron chi connectivity index (χ1n) is 21.0. The molecular formula is C56H44N2. The van der Waals surface area contributed by atoms with Gasteiger partial charge in [0.1, 0.15) is 0 Å². The van der Waals surface area contributed by atoms with Crippen LogP contribution in [0.25, 0.3) is 98.4 Å². The largest absolute Gasteiger partial charge is 0.309 e. The zero-order valence-corrected chi connectivity index (χ0v) is 33.5. The number of fused-ring (bicyclic) bond motifs is 15. The molecule has 2 heteroatoms. The zero-order chi connectivity index (χ0) is 38.9. The molecule has 11 aromatic rings. The minimum atomic E-state index is -0.110. The number of benzene rings is 9. The van der Waals surface area contributed by atoms with Crippen LogP contribution in [0, 0.1) is 5.92 Å². The van der Waals surface area contributed by atoms with Gasteiger partial charge < -0.3 is 9.13 Å². The van der Waals surface area contributed by atoms with Gasteiger partial charge in [0.25, 0.3) is 0 Å². The van der Waals surface area contributed by atoms with Gasteiger partial charge in [-0.2, -0.15) is 0 Å². The molecule has 12 rings (SSSR count). The van der Waals surface area contributed by atoms with Gasteiger partial charge in [-0.25, -0.2) is 0 Å². The lowest BCUT2D eigenvalue weighted by atomic mass is 9.82. The predicted octanol–water partition coefficient (Wildman–Crippen LogP) is 15.2. The molecule has 0 aliphatic heterocycles. The van der Waals surface area contributed by atoms with Crippen LogP contribution in [0.15, 0.2) is 164 Å². The topological polar surface area (TPSA) is 9.86 Å². The van der Waals surface area contributed by atoms with Crippen molar-refractivity contribution >= 4 is 75.9 Å². The van der Waals surface area contributed by atoms with Crippen LogP contribution in [0.4, 0.5) is 0 Å². The van der Waals surface area contributed by atoms with Crippen molar-refractivity contribution in [3.8, 4) is 22.5 Å². The van der Waals surface area contributed by atoms with Crippen molar-refractivity contribution < 1.29 is 0 Å². The molecule has 9 aromatic carbocycles. The third kappa shape index (κ3) is 4.55. The fraction of sp³-hybridized carbons (Fsp3) is 0.143. The highest BCUT2D eigenvalue weighted by molar-refractivity contribution is 6.26. The summed E-state index contributed by atoms with van der Waals surface area (Å²) in [6.45, 7) is 9.46. The van der Waals surface area contributed by atoms with E-state index in [0.29, 0.717) is 5.92 Å². The van der Waals surface area contributed by atoms with Gasteiger partial charge in [-0.3, -0.25) is 0 Å². The van der Waals surface area contributed by atoms with E-state index >= 15 is 0 Å². The number of aromatic nitrogens is 2. The van der Waals surface area contributed by atoms with E-state index in [1.807, 2.05) is 0 Å². The van der Waals surface area contributed by atoms with E-state index in [4.69, 9.17) is 0 Å². The molecular weight excluding hydrogens is 701 g/mol. The normalized spacial score (nSPS) is 14.1. The molecule has 2 aromatic heterocycles. The number of hydrogen-bond acceptors (Lipinski definition) is 0. The maximum Gasteiger partial charge on any atom is 0.0544 e. The van der Waals surface area contributed by atoms with Gasteiger partial charge in [-0.1, -0.05) is 143 Å². The molecule has 0 saturated carbocycles. The van der Waals surface area contributed by atoms with E-state index in [0.717, 1.165) is 6.42 Å². The van der Waals surface area contributed by atoms with E-state index < -0.39 is 0 Å². The third-order valence-corrected chi connectivity index (χ3v) is 13.7. The molecule has 0 fully saturated rings. The maximum atomic E-state index is 2.54. The summed E-state index contributed by atoms with van der Waals surface area (Å²) in [5, 5.41) is 13.1. The summed E-state index contributed by atoms with van der Waals surface area (Å²) in [6, 6.07) is 62.0. The van der Waals surface area contributed by atoms with Crippen LogP contribution in [0.2, 0.25) is 0 Å². The Morgan fingerprint density at radius 2 is 0.983 bits per heavy atom. The summed E-state index contributed by atoms with van der Waals surface area (Å²) in [7, 11) is 0. The van der Waals surface area contributed by atoms with Gasteiger partial charge in [0.2, 0.25) is 0 Å². The minimum Gasteiger partial charge on any atom is -0.309 e. The lowest BCUT2D eigenvalue weighted by Crippen LogP contribution is -2.14. The quantitative estimate of drug-likeness (QED) is 0.155. The number of nitrogens with zero attached hydrogens (tertiary/aromatic N) is 2. The summed E-state index contributed by atoms with van der Waals surface area (Å²) in [6.07, 6.45) is 2.26. The second-order valence-corrected chi connectivity index (χ2v) is 17.3. The monoisotopic (exact) mass is 744 g/mol. The Morgan fingerprint density at radius 1 is 0.431 bits per heavy atom. The van der Waals surface area contributed by atoms with Gasteiger partial charge in [0, 0.05) is 38.3 Å². The van der Waals surface area contributed by atoms with Crippen molar-refractivity contribution in [1.82, 2.24) is 9.13 Å². The van der Waals surface area contributed by atoms with E-state index in [1.165, 1.54) is 122 Å². The Bertz CT molecular complexity index is 3430. The van der Waals surface area contributed by atoms with Gasteiger partial charge >= 0.3 is 0 Å². The van der Waals surface area contributed by atoms with Crippen LogP contribution >= 0.6 is 0 Å².